The van der Waals surface area contributed by atoms with Crippen LogP contribution in [0.5, 0.6) is 5.75 Å². The van der Waals surface area contributed by atoms with Gasteiger partial charge in [-0.2, -0.15) is 0 Å². The van der Waals surface area contributed by atoms with Gasteiger partial charge in [0, 0.05) is 28.7 Å². The number of nitrogens with zero attached hydrogens (tertiary/aromatic N) is 2. The van der Waals surface area contributed by atoms with Crippen molar-refractivity contribution in [3.8, 4) is 17.0 Å². The number of hydrogen-bond donors (Lipinski definition) is 1. The van der Waals surface area contributed by atoms with E-state index in [-0.39, 0.29) is 5.91 Å². The fourth-order valence-electron chi connectivity index (χ4n) is 2.90. The number of imidazole rings is 1. The average molecular weight is 398 g/mol. The van der Waals surface area contributed by atoms with Gasteiger partial charge in [-0.05, 0) is 29.8 Å². The smallest absolute Gasteiger partial charge is 0.272 e. The first-order chi connectivity index (χ1) is 13.2. The van der Waals surface area contributed by atoms with Crippen molar-refractivity contribution in [1.29, 1.82) is 0 Å². The first-order valence-electron chi connectivity index (χ1n) is 8.28. The number of amides is 1. The van der Waals surface area contributed by atoms with Crippen LogP contribution in [-0.2, 0) is 6.54 Å². The molecule has 1 N–H and O–H groups in total. The van der Waals surface area contributed by atoms with Gasteiger partial charge in [0.25, 0.3) is 5.91 Å². The summed E-state index contributed by atoms with van der Waals surface area (Å²) in [6, 6.07) is 15.0. The summed E-state index contributed by atoms with van der Waals surface area (Å²) < 4.78 is 7.25. The molecule has 0 atom stereocenters. The minimum Gasteiger partial charge on any atom is -0.497 e. The van der Waals surface area contributed by atoms with E-state index >= 15 is 0 Å². The van der Waals surface area contributed by atoms with Gasteiger partial charge in [0.1, 0.15) is 5.75 Å². The lowest BCUT2D eigenvalue weighted by Crippen LogP contribution is -2.23. The lowest BCUT2D eigenvalue weighted by Gasteiger charge is -2.08. The number of carbonyl (C=O) groups excluding carboxylic acids is 1. The first-order valence-corrected chi connectivity index (χ1v) is 9.54. The van der Waals surface area contributed by atoms with E-state index in [4.69, 9.17) is 16.3 Å². The van der Waals surface area contributed by atoms with E-state index in [9.17, 15) is 4.79 Å². The Morgan fingerprint density at radius 3 is 2.93 bits per heavy atom. The number of halogens is 1. The van der Waals surface area contributed by atoms with Crippen molar-refractivity contribution in [2.75, 3.05) is 7.11 Å². The van der Waals surface area contributed by atoms with Crippen molar-refractivity contribution < 1.29 is 9.53 Å². The maximum atomic E-state index is 12.9. The molecule has 0 bridgehead atoms. The zero-order valence-corrected chi connectivity index (χ0v) is 16.1. The summed E-state index contributed by atoms with van der Waals surface area (Å²) >= 11 is 7.49. The molecule has 7 heteroatoms. The van der Waals surface area contributed by atoms with Crippen LogP contribution in [0.25, 0.3) is 16.2 Å². The normalized spacial score (nSPS) is 10.9. The number of rotatable bonds is 5. The highest BCUT2D eigenvalue weighted by atomic mass is 35.5. The summed E-state index contributed by atoms with van der Waals surface area (Å²) in [5.74, 6) is 0.492. The van der Waals surface area contributed by atoms with Gasteiger partial charge in [0.05, 0.1) is 12.8 Å². The molecule has 4 aromatic rings. The maximum absolute atomic E-state index is 12.9. The van der Waals surface area contributed by atoms with Gasteiger partial charge >= 0.3 is 0 Å². The molecule has 0 unspecified atom stereocenters. The second-order valence-electron chi connectivity index (χ2n) is 5.91. The third-order valence-electron chi connectivity index (χ3n) is 4.16. The highest BCUT2D eigenvalue weighted by molar-refractivity contribution is 7.15. The van der Waals surface area contributed by atoms with Crippen LogP contribution >= 0.6 is 22.9 Å². The number of methoxy groups -OCH3 is 1. The van der Waals surface area contributed by atoms with Gasteiger partial charge < -0.3 is 10.1 Å². The topological polar surface area (TPSA) is 55.6 Å². The van der Waals surface area contributed by atoms with E-state index in [1.807, 2.05) is 58.4 Å². The number of aromatic nitrogens is 2. The Kier molecular flexibility index (Phi) is 4.83. The molecule has 2 aromatic heterocycles. The lowest BCUT2D eigenvalue weighted by atomic mass is 10.1. The molecule has 27 heavy (non-hydrogen) atoms. The van der Waals surface area contributed by atoms with Crippen LogP contribution in [0.1, 0.15) is 16.1 Å². The summed E-state index contributed by atoms with van der Waals surface area (Å²) in [4.78, 5) is 18.2. The lowest BCUT2D eigenvalue weighted by molar-refractivity contribution is 0.0947. The van der Waals surface area contributed by atoms with E-state index in [0.717, 1.165) is 27.5 Å². The second kappa shape index (κ2) is 7.42. The Morgan fingerprint density at radius 1 is 1.26 bits per heavy atom. The summed E-state index contributed by atoms with van der Waals surface area (Å²) in [6.45, 7) is 0.377. The van der Waals surface area contributed by atoms with E-state index in [2.05, 4.69) is 10.3 Å². The van der Waals surface area contributed by atoms with Crippen LogP contribution in [0, 0.1) is 0 Å². The molecule has 5 nitrogen and oxygen atoms in total. The van der Waals surface area contributed by atoms with Crippen LogP contribution in [0.2, 0.25) is 5.02 Å². The van der Waals surface area contributed by atoms with Crippen molar-refractivity contribution in [3.05, 3.63) is 76.4 Å². The molecule has 0 aliphatic heterocycles. The number of hydrogen-bond acceptors (Lipinski definition) is 4. The minimum atomic E-state index is -0.233. The third kappa shape index (κ3) is 3.54. The highest BCUT2D eigenvalue weighted by Gasteiger charge is 2.21. The van der Waals surface area contributed by atoms with Gasteiger partial charge in [-0.15, -0.1) is 11.3 Å². The Hall–Kier alpha value is -2.83. The SMILES string of the molecule is COc1cccc(-c2c(C(=O)NCc3cccc(Cl)c3)nc3sccn23)c1. The molecule has 0 fully saturated rings. The Bertz CT molecular complexity index is 1120. The van der Waals surface area contributed by atoms with Gasteiger partial charge in [-0.3, -0.25) is 9.20 Å². The third-order valence-corrected chi connectivity index (χ3v) is 5.15. The Morgan fingerprint density at radius 2 is 2.11 bits per heavy atom. The molecule has 2 heterocycles. The van der Waals surface area contributed by atoms with E-state index in [1.54, 1.807) is 13.2 Å². The minimum absolute atomic E-state index is 0.233. The number of nitrogens with one attached hydrogen (secondary N) is 1. The van der Waals surface area contributed by atoms with Gasteiger partial charge in [-0.1, -0.05) is 35.9 Å². The number of fused-ring (bicyclic) bond motifs is 1. The monoisotopic (exact) mass is 397 g/mol. The molecule has 0 saturated heterocycles. The molecule has 0 aliphatic carbocycles. The molecule has 136 valence electrons. The molecule has 1 amide bonds. The molecular weight excluding hydrogens is 382 g/mol. The Labute approximate surface area is 165 Å². The Balaban J connectivity index is 1.68. The standard InChI is InChI=1S/C20H16ClN3O2S/c1-26-16-7-3-5-14(11-16)18-17(23-20-24(18)8-9-27-20)19(25)22-12-13-4-2-6-15(21)10-13/h2-11H,12H2,1H3,(H,22,25). The molecule has 2 aromatic carbocycles. The molecule has 0 radical (unpaired) electrons. The van der Waals surface area contributed by atoms with E-state index in [0.29, 0.717) is 17.3 Å². The van der Waals surface area contributed by atoms with Crippen molar-refractivity contribution >= 4 is 33.8 Å². The van der Waals surface area contributed by atoms with Gasteiger partial charge in [0.15, 0.2) is 10.7 Å². The number of benzene rings is 2. The van der Waals surface area contributed by atoms with Crippen LogP contribution < -0.4 is 10.1 Å². The quantitative estimate of drug-likeness (QED) is 0.533. The number of carbonyl (C=O) groups is 1. The average Bonchev–Trinajstić information content (AvgIpc) is 3.27. The van der Waals surface area contributed by atoms with Crippen LogP contribution in [0.15, 0.2) is 60.1 Å². The van der Waals surface area contributed by atoms with Crippen molar-refractivity contribution in [3.63, 3.8) is 0 Å². The predicted octanol–water partition coefficient (Wildman–Crippen LogP) is 4.65. The molecule has 4 rings (SSSR count). The molecular formula is C20H16ClN3O2S. The first kappa shape index (κ1) is 17.6. The van der Waals surface area contributed by atoms with Crippen molar-refractivity contribution in [1.82, 2.24) is 14.7 Å². The number of ether oxygens (including phenoxy) is 1. The van der Waals surface area contributed by atoms with E-state index in [1.165, 1.54) is 11.3 Å². The van der Waals surface area contributed by atoms with E-state index < -0.39 is 0 Å². The number of thiazole rings is 1. The molecule has 0 spiro atoms. The fraction of sp³-hybridized carbons (Fsp3) is 0.100. The fourth-order valence-corrected chi connectivity index (χ4v) is 3.83. The van der Waals surface area contributed by atoms with Crippen molar-refractivity contribution in [2.45, 2.75) is 6.54 Å². The highest BCUT2D eigenvalue weighted by Crippen LogP contribution is 2.30. The zero-order chi connectivity index (χ0) is 18.8. The largest absolute Gasteiger partial charge is 0.497 e. The molecule has 0 saturated carbocycles. The van der Waals surface area contributed by atoms with Gasteiger partial charge in [-0.25, -0.2) is 4.98 Å². The summed E-state index contributed by atoms with van der Waals surface area (Å²) in [7, 11) is 1.62. The van der Waals surface area contributed by atoms with Crippen LogP contribution in [-0.4, -0.2) is 22.4 Å². The van der Waals surface area contributed by atoms with Crippen molar-refractivity contribution in [2.24, 2.45) is 0 Å². The van der Waals surface area contributed by atoms with Crippen LogP contribution in [0.3, 0.4) is 0 Å². The summed E-state index contributed by atoms with van der Waals surface area (Å²) in [6.07, 6.45) is 1.91. The summed E-state index contributed by atoms with van der Waals surface area (Å²) in [5, 5.41) is 5.52. The molecule has 0 aliphatic rings. The van der Waals surface area contributed by atoms with Crippen LogP contribution in [0.4, 0.5) is 0 Å². The van der Waals surface area contributed by atoms with Gasteiger partial charge in [0.2, 0.25) is 0 Å². The maximum Gasteiger partial charge on any atom is 0.272 e. The second-order valence-corrected chi connectivity index (χ2v) is 7.22. The zero-order valence-electron chi connectivity index (χ0n) is 14.5. The predicted molar refractivity (Wildman–Crippen MR) is 108 cm³/mol. The summed E-state index contributed by atoms with van der Waals surface area (Å²) in [5.41, 5.74) is 2.93.